The molecule has 0 aliphatic carbocycles. The fourth-order valence-corrected chi connectivity index (χ4v) is 2.82. The number of aromatic hydroxyl groups is 1. The molecule has 0 radical (unpaired) electrons. The monoisotopic (exact) mass is 354 g/mol. The maximum Gasteiger partial charge on any atom is 0.271 e. The van der Waals surface area contributed by atoms with Crippen LogP contribution in [0.25, 0.3) is 5.69 Å². The van der Waals surface area contributed by atoms with Gasteiger partial charge in [-0.2, -0.15) is 8.42 Å². The first-order valence-electron chi connectivity index (χ1n) is 6.51. The van der Waals surface area contributed by atoms with Crippen molar-refractivity contribution in [3.63, 3.8) is 0 Å². The number of hydrogen-bond acceptors (Lipinski definition) is 6. The van der Waals surface area contributed by atoms with Gasteiger partial charge >= 0.3 is 0 Å². The van der Waals surface area contributed by atoms with E-state index in [9.17, 15) is 23.1 Å². The largest absolute Gasteiger partial charge is 0.497 e. The van der Waals surface area contributed by atoms with Gasteiger partial charge in [-0.3, -0.25) is 14.1 Å². The van der Waals surface area contributed by atoms with Gasteiger partial charge in [-0.1, -0.05) is 0 Å². The van der Waals surface area contributed by atoms with Crippen LogP contribution < -0.4 is 16.0 Å². The van der Waals surface area contributed by atoms with Gasteiger partial charge in [0.25, 0.3) is 21.6 Å². The average molecular weight is 354 g/mol. The van der Waals surface area contributed by atoms with E-state index in [0.717, 1.165) is 10.6 Å². The highest BCUT2D eigenvalue weighted by Crippen LogP contribution is 2.21. The van der Waals surface area contributed by atoms with Crippen molar-refractivity contribution in [1.29, 1.82) is 0 Å². The van der Waals surface area contributed by atoms with Gasteiger partial charge in [-0.25, -0.2) is 4.57 Å². The summed E-state index contributed by atoms with van der Waals surface area (Å²) in [7, 11) is -3.08. The second-order valence-electron chi connectivity index (χ2n) is 4.83. The number of pyridine rings is 1. The van der Waals surface area contributed by atoms with Gasteiger partial charge in [0.15, 0.2) is 5.88 Å². The van der Waals surface area contributed by atoms with Crippen LogP contribution in [0.3, 0.4) is 0 Å². The van der Waals surface area contributed by atoms with Gasteiger partial charge in [0, 0.05) is 6.07 Å². The van der Waals surface area contributed by atoms with Crippen LogP contribution in [0.1, 0.15) is 15.9 Å². The van der Waals surface area contributed by atoms with E-state index in [-0.39, 0.29) is 5.69 Å². The molecule has 0 saturated carbocycles. The number of hydrogen-bond donors (Lipinski definition) is 3. The predicted molar refractivity (Wildman–Crippen MR) is 84.0 cm³/mol. The third kappa shape index (κ3) is 3.55. The van der Waals surface area contributed by atoms with Crippen LogP contribution >= 0.6 is 0 Å². The van der Waals surface area contributed by atoms with Crippen LogP contribution in [0.5, 0.6) is 11.6 Å². The standard InChI is InChI=1S/C14H14N2O7S/c1-23-10-4-2-9(3-5-10)16-11(17)6-8(7-24(20,21)22)12(13(15)18)14(16)19/h2-6,17H,7H2,1H3,(H2,15,18)(H,20,21,22). The molecule has 1 heterocycles. The van der Waals surface area contributed by atoms with Gasteiger partial charge < -0.3 is 15.6 Å². The Bertz CT molecular complexity index is 946. The van der Waals surface area contributed by atoms with E-state index in [2.05, 4.69) is 0 Å². The second kappa shape index (κ2) is 6.34. The summed E-state index contributed by atoms with van der Waals surface area (Å²) >= 11 is 0. The molecule has 24 heavy (non-hydrogen) atoms. The fourth-order valence-electron chi connectivity index (χ4n) is 2.20. The summed E-state index contributed by atoms with van der Waals surface area (Å²) in [5, 5.41) is 10.1. The quantitative estimate of drug-likeness (QED) is 0.642. The highest BCUT2D eigenvalue weighted by atomic mass is 32.2. The van der Waals surface area contributed by atoms with Crippen molar-refractivity contribution in [1.82, 2.24) is 4.57 Å². The smallest absolute Gasteiger partial charge is 0.271 e. The van der Waals surface area contributed by atoms with Crippen LogP contribution in [0, 0.1) is 0 Å². The van der Waals surface area contributed by atoms with E-state index >= 15 is 0 Å². The summed E-state index contributed by atoms with van der Waals surface area (Å²) in [5.74, 6) is -2.32. The Morgan fingerprint density at radius 1 is 1.29 bits per heavy atom. The molecule has 0 bridgehead atoms. The van der Waals surface area contributed by atoms with Crippen LogP contribution in [0.4, 0.5) is 0 Å². The Kier molecular flexibility index (Phi) is 4.62. The molecule has 10 heteroatoms. The van der Waals surface area contributed by atoms with Gasteiger partial charge in [0.05, 0.1) is 12.8 Å². The normalized spacial score (nSPS) is 11.2. The number of carbonyl (C=O) groups excluding carboxylic acids is 1. The topological polar surface area (TPSA) is 149 Å². The Labute approximate surface area is 136 Å². The number of benzene rings is 1. The van der Waals surface area contributed by atoms with Gasteiger partial charge in [-0.05, 0) is 29.8 Å². The zero-order valence-corrected chi connectivity index (χ0v) is 13.3. The molecule has 0 fully saturated rings. The minimum Gasteiger partial charge on any atom is -0.497 e. The van der Waals surface area contributed by atoms with Crippen molar-refractivity contribution < 1.29 is 27.6 Å². The summed E-state index contributed by atoms with van der Waals surface area (Å²) < 4.78 is 36.7. The number of aromatic nitrogens is 1. The number of ether oxygens (including phenoxy) is 1. The van der Waals surface area contributed by atoms with E-state index in [1.807, 2.05) is 0 Å². The minimum atomic E-state index is -4.54. The molecular weight excluding hydrogens is 340 g/mol. The molecule has 9 nitrogen and oxygen atoms in total. The van der Waals surface area contributed by atoms with Crippen molar-refractivity contribution in [3.8, 4) is 17.3 Å². The maximum atomic E-state index is 12.5. The van der Waals surface area contributed by atoms with Crippen molar-refractivity contribution in [2.75, 3.05) is 7.11 Å². The third-order valence-electron chi connectivity index (χ3n) is 3.19. The first-order chi connectivity index (χ1) is 11.1. The zero-order chi connectivity index (χ0) is 18.1. The highest BCUT2D eigenvalue weighted by Gasteiger charge is 2.22. The number of carbonyl (C=O) groups is 1. The SMILES string of the molecule is COc1ccc(-n2c(O)cc(CS(=O)(=O)O)c(C(N)=O)c2=O)cc1. The molecule has 4 N–H and O–H groups in total. The predicted octanol–water partition coefficient (Wildman–Crippen LogP) is 0.0384. The summed E-state index contributed by atoms with van der Waals surface area (Å²) in [5.41, 5.74) is 3.32. The minimum absolute atomic E-state index is 0.208. The average Bonchev–Trinajstić information content (AvgIpc) is 2.45. The number of rotatable bonds is 5. The maximum absolute atomic E-state index is 12.5. The van der Waals surface area contributed by atoms with Crippen molar-refractivity contribution >= 4 is 16.0 Å². The first kappa shape index (κ1) is 17.5. The summed E-state index contributed by atoms with van der Waals surface area (Å²) in [4.78, 5) is 24.0. The van der Waals surface area contributed by atoms with Gasteiger partial charge in [0.2, 0.25) is 0 Å². The van der Waals surface area contributed by atoms with E-state index in [1.165, 1.54) is 31.4 Å². The Morgan fingerprint density at radius 3 is 2.33 bits per heavy atom. The summed E-state index contributed by atoms with van der Waals surface area (Å²) in [6.07, 6.45) is 0. The highest BCUT2D eigenvalue weighted by molar-refractivity contribution is 7.85. The molecule has 1 amide bonds. The van der Waals surface area contributed by atoms with Gasteiger partial charge in [-0.15, -0.1) is 0 Å². The summed E-state index contributed by atoms with van der Waals surface area (Å²) in [6, 6.07) is 6.84. The lowest BCUT2D eigenvalue weighted by Gasteiger charge is -2.13. The van der Waals surface area contributed by atoms with Crippen molar-refractivity contribution in [2.45, 2.75) is 5.75 Å². The van der Waals surface area contributed by atoms with Crippen molar-refractivity contribution in [3.05, 3.63) is 51.8 Å². The lowest BCUT2D eigenvalue weighted by Crippen LogP contribution is -2.31. The molecule has 0 aliphatic rings. The summed E-state index contributed by atoms with van der Waals surface area (Å²) in [6.45, 7) is 0. The number of amides is 1. The van der Waals surface area contributed by atoms with Crippen LogP contribution in [0.2, 0.25) is 0 Å². The molecule has 0 atom stereocenters. The van der Waals surface area contributed by atoms with Crippen LogP contribution in [-0.4, -0.2) is 35.7 Å². The molecule has 0 aliphatic heterocycles. The molecule has 2 rings (SSSR count). The Morgan fingerprint density at radius 2 is 1.88 bits per heavy atom. The van der Waals surface area contributed by atoms with E-state index in [4.69, 9.17) is 15.0 Å². The first-order valence-corrected chi connectivity index (χ1v) is 8.12. The molecule has 0 spiro atoms. The Hall–Kier alpha value is -2.85. The molecule has 0 unspecified atom stereocenters. The third-order valence-corrected chi connectivity index (χ3v) is 3.86. The molecule has 128 valence electrons. The lowest BCUT2D eigenvalue weighted by molar-refractivity contribution is 0.0998. The molecule has 1 aromatic carbocycles. The van der Waals surface area contributed by atoms with Crippen LogP contribution in [0.15, 0.2) is 35.1 Å². The lowest BCUT2D eigenvalue weighted by atomic mass is 10.1. The van der Waals surface area contributed by atoms with E-state index in [0.29, 0.717) is 5.75 Å². The Balaban J connectivity index is 2.72. The molecule has 0 saturated heterocycles. The number of primary amides is 1. The molecule has 2 aromatic rings. The molecule has 1 aromatic heterocycles. The fraction of sp³-hybridized carbons (Fsp3) is 0.143. The number of methoxy groups -OCH3 is 1. The van der Waals surface area contributed by atoms with Crippen molar-refractivity contribution in [2.24, 2.45) is 5.73 Å². The van der Waals surface area contributed by atoms with E-state index in [1.54, 1.807) is 0 Å². The molecular formula is C14H14N2O7S. The van der Waals surface area contributed by atoms with E-state index < -0.39 is 44.3 Å². The second-order valence-corrected chi connectivity index (χ2v) is 6.28. The number of nitrogens with zero attached hydrogens (tertiary/aromatic N) is 1. The van der Waals surface area contributed by atoms with Gasteiger partial charge in [0.1, 0.15) is 17.1 Å². The zero-order valence-electron chi connectivity index (χ0n) is 12.5. The number of nitrogens with two attached hydrogens (primary N) is 1. The van der Waals surface area contributed by atoms with Crippen LogP contribution in [-0.2, 0) is 15.9 Å².